The number of benzene rings is 2. The minimum atomic E-state index is -0.287. The summed E-state index contributed by atoms with van der Waals surface area (Å²) in [6.07, 6.45) is 0. The second-order valence-electron chi connectivity index (χ2n) is 4.67. The highest BCUT2D eigenvalue weighted by Gasteiger charge is 2.17. The third kappa shape index (κ3) is 3.32. The zero-order valence-electron chi connectivity index (χ0n) is 11.4. The number of nitrogens with one attached hydrogen (secondary N) is 1. The van der Waals surface area contributed by atoms with Crippen molar-refractivity contribution in [1.29, 1.82) is 0 Å². The van der Waals surface area contributed by atoms with Crippen LogP contribution in [0.4, 0.5) is 4.39 Å². The first-order chi connectivity index (χ1) is 9.52. The van der Waals surface area contributed by atoms with Crippen LogP contribution in [0.5, 0.6) is 0 Å². The summed E-state index contributed by atoms with van der Waals surface area (Å²) in [4.78, 5) is 0. The van der Waals surface area contributed by atoms with Crippen molar-refractivity contribution in [2.45, 2.75) is 19.9 Å². The summed E-state index contributed by atoms with van der Waals surface area (Å²) in [5.74, 6) is -0.287. The molecule has 0 saturated carbocycles. The topological polar surface area (TPSA) is 12.0 Å². The van der Waals surface area contributed by atoms with Crippen LogP contribution in [0.25, 0.3) is 0 Å². The third-order valence-corrected chi connectivity index (χ3v) is 3.78. The Morgan fingerprint density at radius 3 is 2.40 bits per heavy atom. The molecule has 1 unspecified atom stereocenters. The molecule has 2 aromatic rings. The lowest BCUT2D eigenvalue weighted by Crippen LogP contribution is -2.22. The molecular weight excluding hydrogens is 296 g/mol. The smallest absolute Gasteiger partial charge is 0.127 e. The van der Waals surface area contributed by atoms with Crippen LogP contribution in [-0.2, 0) is 0 Å². The summed E-state index contributed by atoms with van der Waals surface area (Å²) in [7, 11) is 0. The Morgan fingerprint density at radius 1 is 1.15 bits per heavy atom. The highest BCUT2D eigenvalue weighted by atomic mass is 35.5. The number of hydrogen-bond donors (Lipinski definition) is 1. The van der Waals surface area contributed by atoms with Gasteiger partial charge in [-0.1, -0.05) is 42.3 Å². The normalized spacial score (nSPS) is 12.4. The summed E-state index contributed by atoms with van der Waals surface area (Å²) in [6, 6.07) is 10.7. The zero-order valence-corrected chi connectivity index (χ0v) is 12.9. The summed E-state index contributed by atoms with van der Waals surface area (Å²) in [6.45, 7) is 4.53. The molecule has 0 saturated heterocycles. The maximum atomic E-state index is 13.5. The molecule has 0 bridgehead atoms. The monoisotopic (exact) mass is 311 g/mol. The molecule has 0 fully saturated rings. The van der Waals surface area contributed by atoms with Gasteiger partial charge >= 0.3 is 0 Å². The van der Waals surface area contributed by atoms with Gasteiger partial charge in [0.05, 0.1) is 6.04 Å². The van der Waals surface area contributed by atoms with E-state index in [-0.39, 0.29) is 11.9 Å². The Bertz CT molecular complexity index is 596. The molecule has 0 aliphatic rings. The first-order valence-electron chi connectivity index (χ1n) is 6.47. The van der Waals surface area contributed by atoms with E-state index in [2.05, 4.69) is 5.32 Å². The van der Waals surface area contributed by atoms with E-state index in [4.69, 9.17) is 23.2 Å². The SMILES string of the molecule is CCNC(c1ccc(Cl)cc1)c1cc(C)c(F)cc1Cl. The molecule has 0 radical (unpaired) electrons. The van der Waals surface area contributed by atoms with Gasteiger partial charge in [-0.3, -0.25) is 0 Å². The molecule has 0 amide bonds. The Kier molecular flexibility index (Phi) is 5.03. The van der Waals surface area contributed by atoms with Gasteiger partial charge in [-0.25, -0.2) is 4.39 Å². The Hall–Kier alpha value is -1.09. The van der Waals surface area contributed by atoms with Crippen molar-refractivity contribution in [3.8, 4) is 0 Å². The highest BCUT2D eigenvalue weighted by Crippen LogP contribution is 2.31. The first-order valence-corrected chi connectivity index (χ1v) is 7.23. The van der Waals surface area contributed by atoms with Crippen LogP contribution >= 0.6 is 23.2 Å². The van der Waals surface area contributed by atoms with Crippen molar-refractivity contribution in [3.63, 3.8) is 0 Å². The molecular formula is C16H16Cl2FN. The quantitative estimate of drug-likeness (QED) is 0.824. The number of rotatable bonds is 4. The van der Waals surface area contributed by atoms with E-state index in [0.29, 0.717) is 15.6 Å². The molecule has 0 aromatic heterocycles. The van der Waals surface area contributed by atoms with E-state index >= 15 is 0 Å². The van der Waals surface area contributed by atoms with Gasteiger partial charge in [0.15, 0.2) is 0 Å². The minimum Gasteiger partial charge on any atom is -0.306 e. The van der Waals surface area contributed by atoms with E-state index in [1.807, 2.05) is 31.2 Å². The fourth-order valence-electron chi connectivity index (χ4n) is 2.17. The van der Waals surface area contributed by atoms with E-state index in [9.17, 15) is 4.39 Å². The molecule has 0 spiro atoms. The maximum absolute atomic E-state index is 13.5. The molecule has 0 heterocycles. The van der Waals surface area contributed by atoms with Crippen molar-refractivity contribution in [2.75, 3.05) is 6.54 Å². The molecule has 0 aliphatic heterocycles. The highest BCUT2D eigenvalue weighted by molar-refractivity contribution is 6.31. The summed E-state index contributed by atoms with van der Waals surface area (Å²) in [5, 5.41) is 4.48. The van der Waals surface area contributed by atoms with Gasteiger partial charge in [0.25, 0.3) is 0 Å². The average molecular weight is 312 g/mol. The van der Waals surface area contributed by atoms with Gasteiger partial charge in [0.1, 0.15) is 5.82 Å². The lowest BCUT2D eigenvalue weighted by molar-refractivity contribution is 0.606. The lowest BCUT2D eigenvalue weighted by Gasteiger charge is -2.21. The molecule has 1 nitrogen and oxygen atoms in total. The average Bonchev–Trinajstić information content (AvgIpc) is 2.42. The van der Waals surface area contributed by atoms with Crippen LogP contribution in [0, 0.1) is 12.7 Å². The van der Waals surface area contributed by atoms with Crippen LogP contribution in [-0.4, -0.2) is 6.54 Å². The van der Waals surface area contributed by atoms with Crippen molar-refractivity contribution in [3.05, 3.63) is 69.0 Å². The van der Waals surface area contributed by atoms with Crippen molar-refractivity contribution in [1.82, 2.24) is 5.32 Å². The molecule has 20 heavy (non-hydrogen) atoms. The van der Waals surface area contributed by atoms with E-state index in [1.165, 1.54) is 6.07 Å². The summed E-state index contributed by atoms with van der Waals surface area (Å²) >= 11 is 12.1. The largest absolute Gasteiger partial charge is 0.306 e. The predicted octanol–water partition coefficient (Wildman–Crippen LogP) is 5.14. The summed E-state index contributed by atoms with van der Waals surface area (Å²) in [5.41, 5.74) is 2.50. The van der Waals surface area contributed by atoms with Crippen LogP contribution in [0.1, 0.15) is 29.7 Å². The molecule has 0 aliphatic carbocycles. The fraction of sp³-hybridized carbons (Fsp3) is 0.250. The van der Waals surface area contributed by atoms with E-state index in [0.717, 1.165) is 17.7 Å². The first kappa shape index (κ1) is 15.3. The lowest BCUT2D eigenvalue weighted by atomic mass is 9.97. The molecule has 2 aromatic carbocycles. The second-order valence-corrected chi connectivity index (χ2v) is 5.51. The van der Waals surface area contributed by atoms with Crippen molar-refractivity contribution < 1.29 is 4.39 Å². The number of aryl methyl sites for hydroxylation is 1. The van der Waals surface area contributed by atoms with Gasteiger partial charge in [0.2, 0.25) is 0 Å². The zero-order chi connectivity index (χ0) is 14.7. The number of halogens is 3. The minimum absolute atomic E-state index is 0.0796. The van der Waals surface area contributed by atoms with Crippen LogP contribution < -0.4 is 5.32 Å². The molecule has 106 valence electrons. The summed E-state index contributed by atoms with van der Waals surface area (Å²) < 4.78 is 13.5. The van der Waals surface area contributed by atoms with Crippen LogP contribution in [0.15, 0.2) is 36.4 Å². The van der Waals surface area contributed by atoms with Gasteiger partial charge < -0.3 is 5.32 Å². The van der Waals surface area contributed by atoms with Crippen LogP contribution in [0.2, 0.25) is 10.0 Å². The van der Waals surface area contributed by atoms with E-state index < -0.39 is 0 Å². The van der Waals surface area contributed by atoms with E-state index in [1.54, 1.807) is 13.0 Å². The standard InChI is InChI=1S/C16H16Cl2FN/c1-3-20-16(11-4-6-12(17)7-5-11)13-8-10(2)15(19)9-14(13)18/h4-9,16,20H,3H2,1-2H3. The van der Waals surface area contributed by atoms with Gasteiger partial charge in [-0.2, -0.15) is 0 Å². The molecule has 1 atom stereocenters. The molecule has 2 rings (SSSR count). The maximum Gasteiger partial charge on any atom is 0.127 e. The number of hydrogen-bond acceptors (Lipinski definition) is 1. The fourth-order valence-corrected chi connectivity index (χ4v) is 2.55. The second kappa shape index (κ2) is 6.57. The van der Waals surface area contributed by atoms with Crippen LogP contribution in [0.3, 0.4) is 0 Å². The molecule has 4 heteroatoms. The Morgan fingerprint density at radius 2 is 1.80 bits per heavy atom. The molecule has 1 N–H and O–H groups in total. The third-order valence-electron chi connectivity index (χ3n) is 3.20. The van der Waals surface area contributed by atoms with Gasteiger partial charge in [-0.05, 0) is 54.4 Å². The Labute approximate surface area is 128 Å². The van der Waals surface area contributed by atoms with Crippen molar-refractivity contribution >= 4 is 23.2 Å². The van der Waals surface area contributed by atoms with Gasteiger partial charge in [0, 0.05) is 10.0 Å². The Balaban J connectivity index is 2.48. The van der Waals surface area contributed by atoms with Crippen molar-refractivity contribution in [2.24, 2.45) is 0 Å². The predicted molar refractivity (Wildman–Crippen MR) is 83.1 cm³/mol. The van der Waals surface area contributed by atoms with Gasteiger partial charge in [-0.15, -0.1) is 0 Å².